The third kappa shape index (κ3) is 24.4. The Hall–Kier alpha value is -1.54. The number of aliphatic hydroxyl groups excluding tert-OH is 1. The largest absolute Gasteiger partial charge is 0.481 e. The summed E-state index contributed by atoms with van der Waals surface area (Å²) in [7, 11) is 0. The maximum Gasteiger partial charge on any atom is 0.410 e. The molecule has 0 heterocycles. The first-order chi connectivity index (χ1) is 13.1. The maximum absolute atomic E-state index is 11.6. The topological polar surface area (TPSA) is 116 Å². The number of carbonyl (C=O) groups is 3. The lowest BCUT2D eigenvalue weighted by atomic mass is 10.1. The number of nitrogens with one attached hydrogen (secondary N) is 1. The van der Waals surface area contributed by atoms with Crippen LogP contribution in [0.25, 0.3) is 0 Å². The number of ether oxygens (including phenoxy) is 1. The maximum atomic E-state index is 11.6. The van der Waals surface area contributed by atoms with E-state index in [2.05, 4.69) is 12.2 Å². The minimum Gasteiger partial charge on any atom is -0.481 e. The van der Waals surface area contributed by atoms with Crippen LogP contribution in [0.2, 0.25) is 0 Å². The van der Waals surface area contributed by atoms with E-state index in [-0.39, 0.29) is 37.4 Å². The standard InChI is InChI=1S/C11H21NO4.C9H19NO2.ClH/c1-5-12(8-6-7-9(13)14)10(15)16-11(2,3)4;1-2-3-4-5-6-9(12)10-7-8-11;/h5-8H2,1-4H3,(H,13,14);11H,2-8H2,1H3,(H,10,12);1H. The van der Waals surface area contributed by atoms with Gasteiger partial charge in [-0.05, 0) is 40.5 Å². The summed E-state index contributed by atoms with van der Waals surface area (Å²) in [6.07, 6.45) is 5.21. The molecule has 0 atom stereocenters. The molecule has 0 aromatic carbocycles. The molecule has 2 amide bonds. The van der Waals surface area contributed by atoms with Crippen molar-refractivity contribution in [2.24, 2.45) is 0 Å². The zero-order chi connectivity index (χ0) is 22.0. The normalized spacial score (nSPS) is 10.1. The van der Waals surface area contributed by atoms with Gasteiger partial charge in [0.25, 0.3) is 0 Å². The molecule has 0 aliphatic carbocycles. The molecule has 0 saturated heterocycles. The second kappa shape index (κ2) is 19.8. The molecular formula is C20H41ClN2O6. The Kier molecular flexibility index (Phi) is 21.9. The van der Waals surface area contributed by atoms with E-state index >= 15 is 0 Å². The smallest absolute Gasteiger partial charge is 0.410 e. The van der Waals surface area contributed by atoms with E-state index in [0.717, 1.165) is 12.8 Å². The van der Waals surface area contributed by atoms with Gasteiger partial charge in [-0.25, -0.2) is 4.79 Å². The second-order valence-electron chi connectivity index (χ2n) is 7.44. The van der Waals surface area contributed by atoms with Gasteiger partial charge in [0.15, 0.2) is 0 Å². The number of aliphatic carboxylic acids is 1. The molecule has 0 unspecified atom stereocenters. The monoisotopic (exact) mass is 440 g/mol. The number of aliphatic hydroxyl groups is 1. The van der Waals surface area contributed by atoms with Gasteiger partial charge in [-0.3, -0.25) is 9.59 Å². The number of nitrogens with zero attached hydrogens (tertiary/aromatic N) is 1. The van der Waals surface area contributed by atoms with E-state index in [1.807, 2.05) is 6.92 Å². The molecule has 0 fully saturated rings. The number of carboxylic acid groups (broad SMARTS) is 1. The lowest BCUT2D eigenvalue weighted by molar-refractivity contribution is -0.137. The van der Waals surface area contributed by atoms with E-state index < -0.39 is 11.6 Å². The number of hydrogen-bond acceptors (Lipinski definition) is 5. The molecule has 0 aliphatic rings. The first kappa shape index (κ1) is 32.1. The van der Waals surface area contributed by atoms with Gasteiger partial charge < -0.3 is 25.2 Å². The van der Waals surface area contributed by atoms with E-state index in [4.69, 9.17) is 14.9 Å². The van der Waals surface area contributed by atoms with Crippen molar-refractivity contribution in [3.05, 3.63) is 0 Å². The average molecular weight is 441 g/mol. The first-order valence-corrected chi connectivity index (χ1v) is 10.1. The lowest BCUT2D eigenvalue weighted by Crippen LogP contribution is -2.37. The Balaban J connectivity index is -0.000000468. The minimum absolute atomic E-state index is 0. The average Bonchev–Trinajstić information content (AvgIpc) is 2.59. The Morgan fingerprint density at radius 3 is 2.07 bits per heavy atom. The number of carboxylic acids is 1. The molecular weight excluding hydrogens is 400 g/mol. The highest BCUT2D eigenvalue weighted by Crippen LogP contribution is 2.10. The summed E-state index contributed by atoms with van der Waals surface area (Å²) in [4.78, 5) is 34.4. The van der Waals surface area contributed by atoms with Crippen molar-refractivity contribution in [3.8, 4) is 0 Å². The Labute approximate surface area is 181 Å². The number of rotatable bonds is 12. The summed E-state index contributed by atoms with van der Waals surface area (Å²) in [6, 6.07) is 0. The third-order valence-corrected chi connectivity index (χ3v) is 3.54. The molecule has 0 saturated carbocycles. The van der Waals surface area contributed by atoms with E-state index in [0.29, 0.717) is 32.5 Å². The minimum atomic E-state index is -0.847. The van der Waals surface area contributed by atoms with Crippen molar-refractivity contribution in [2.75, 3.05) is 26.2 Å². The fourth-order valence-corrected chi connectivity index (χ4v) is 2.12. The van der Waals surface area contributed by atoms with Gasteiger partial charge in [-0.2, -0.15) is 0 Å². The summed E-state index contributed by atoms with van der Waals surface area (Å²) in [5.41, 5.74) is -0.517. The van der Waals surface area contributed by atoms with Crippen LogP contribution in [0.3, 0.4) is 0 Å². The number of carbonyl (C=O) groups excluding carboxylic acids is 2. The fourth-order valence-electron chi connectivity index (χ4n) is 2.12. The van der Waals surface area contributed by atoms with Gasteiger partial charge in [0.2, 0.25) is 5.91 Å². The van der Waals surface area contributed by atoms with Crippen molar-refractivity contribution in [2.45, 2.75) is 85.2 Å². The van der Waals surface area contributed by atoms with Gasteiger partial charge in [0.1, 0.15) is 5.60 Å². The molecule has 0 radical (unpaired) electrons. The SMILES string of the molecule is CCCCCCC(=O)NCCO.CCN(CCCC(=O)O)C(=O)OC(C)(C)C.Cl. The van der Waals surface area contributed by atoms with Crippen LogP contribution in [0.15, 0.2) is 0 Å². The van der Waals surface area contributed by atoms with Gasteiger partial charge >= 0.3 is 12.1 Å². The van der Waals surface area contributed by atoms with Crippen LogP contribution >= 0.6 is 12.4 Å². The molecule has 9 heteroatoms. The highest BCUT2D eigenvalue weighted by Gasteiger charge is 2.20. The molecule has 8 nitrogen and oxygen atoms in total. The Bertz CT molecular complexity index is 441. The molecule has 174 valence electrons. The van der Waals surface area contributed by atoms with Crippen LogP contribution < -0.4 is 5.32 Å². The second-order valence-corrected chi connectivity index (χ2v) is 7.44. The van der Waals surface area contributed by atoms with Gasteiger partial charge in [-0.1, -0.05) is 26.2 Å². The van der Waals surface area contributed by atoms with E-state index in [1.54, 1.807) is 20.8 Å². The van der Waals surface area contributed by atoms with Crippen molar-refractivity contribution >= 4 is 30.4 Å². The van der Waals surface area contributed by atoms with Gasteiger partial charge in [0, 0.05) is 32.5 Å². The van der Waals surface area contributed by atoms with Crippen LogP contribution in [0.5, 0.6) is 0 Å². The molecule has 0 aromatic rings. The van der Waals surface area contributed by atoms with Crippen LogP contribution in [-0.4, -0.2) is 64.9 Å². The van der Waals surface area contributed by atoms with Crippen LogP contribution in [-0.2, 0) is 14.3 Å². The summed E-state index contributed by atoms with van der Waals surface area (Å²) >= 11 is 0. The zero-order valence-electron chi connectivity index (χ0n) is 18.7. The molecule has 0 aliphatic heterocycles. The Morgan fingerprint density at radius 2 is 1.62 bits per heavy atom. The Morgan fingerprint density at radius 1 is 1.00 bits per heavy atom. The zero-order valence-corrected chi connectivity index (χ0v) is 19.5. The predicted octanol–water partition coefficient (Wildman–Crippen LogP) is 3.60. The summed E-state index contributed by atoms with van der Waals surface area (Å²) in [5, 5.41) is 19.5. The van der Waals surface area contributed by atoms with Crippen molar-refractivity contribution in [3.63, 3.8) is 0 Å². The number of halogens is 1. The molecule has 0 spiro atoms. The fraction of sp³-hybridized carbons (Fsp3) is 0.850. The summed E-state index contributed by atoms with van der Waals surface area (Å²) < 4.78 is 5.19. The third-order valence-electron chi connectivity index (χ3n) is 3.54. The van der Waals surface area contributed by atoms with Gasteiger partial charge in [0.05, 0.1) is 6.61 Å². The lowest BCUT2D eigenvalue weighted by Gasteiger charge is -2.26. The first-order valence-electron chi connectivity index (χ1n) is 10.1. The predicted molar refractivity (Wildman–Crippen MR) is 116 cm³/mol. The van der Waals surface area contributed by atoms with Crippen LogP contribution in [0.1, 0.15) is 79.6 Å². The van der Waals surface area contributed by atoms with Crippen molar-refractivity contribution in [1.82, 2.24) is 10.2 Å². The molecule has 0 rings (SSSR count). The highest BCUT2D eigenvalue weighted by atomic mass is 35.5. The van der Waals surface area contributed by atoms with Crippen molar-refractivity contribution in [1.29, 1.82) is 0 Å². The summed E-state index contributed by atoms with van der Waals surface area (Å²) in [6.45, 7) is 10.7. The molecule has 0 bridgehead atoms. The van der Waals surface area contributed by atoms with Gasteiger partial charge in [-0.15, -0.1) is 12.4 Å². The highest BCUT2D eigenvalue weighted by molar-refractivity contribution is 5.85. The van der Waals surface area contributed by atoms with Crippen LogP contribution in [0.4, 0.5) is 4.79 Å². The number of hydrogen-bond donors (Lipinski definition) is 3. The number of unbranched alkanes of at least 4 members (excludes halogenated alkanes) is 3. The van der Waals surface area contributed by atoms with Crippen LogP contribution in [0, 0.1) is 0 Å². The molecule has 3 N–H and O–H groups in total. The van der Waals surface area contributed by atoms with E-state index in [9.17, 15) is 14.4 Å². The molecule has 29 heavy (non-hydrogen) atoms. The number of amides is 2. The quantitative estimate of drug-likeness (QED) is 0.399. The summed E-state index contributed by atoms with van der Waals surface area (Å²) in [5.74, 6) is -0.791. The van der Waals surface area contributed by atoms with E-state index in [1.165, 1.54) is 17.7 Å². The van der Waals surface area contributed by atoms with Crippen molar-refractivity contribution < 1.29 is 29.3 Å². The molecule has 0 aromatic heterocycles.